The van der Waals surface area contributed by atoms with Gasteiger partial charge in [-0.1, -0.05) is 29.8 Å². The van der Waals surface area contributed by atoms with E-state index in [4.69, 9.17) is 0 Å². The average molecular weight is 304 g/mol. The highest BCUT2D eigenvalue weighted by atomic mass is 32.2. The lowest BCUT2D eigenvalue weighted by molar-refractivity contribution is -0.163. The third-order valence-corrected chi connectivity index (χ3v) is 6.31. The van der Waals surface area contributed by atoms with Gasteiger partial charge >= 0.3 is 6.18 Å². The third-order valence-electron chi connectivity index (χ3n) is 3.79. The van der Waals surface area contributed by atoms with Gasteiger partial charge in [-0.2, -0.15) is 13.2 Å². The number of sulfone groups is 1. The fourth-order valence-corrected chi connectivity index (χ4v) is 4.37. The maximum absolute atomic E-state index is 13.5. The molecular weight excluding hydrogens is 289 g/mol. The maximum Gasteiger partial charge on any atom is 0.408 e. The van der Waals surface area contributed by atoms with Crippen molar-refractivity contribution in [2.45, 2.75) is 42.0 Å². The topological polar surface area (TPSA) is 34.1 Å². The van der Waals surface area contributed by atoms with Gasteiger partial charge in [-0.25, -0.2) is 8.42 Å². The zero-order valence-corrected chi connectivity index (χ0v) is 11.8. The molecule has 20 heavy (non-hydrogen) atoms. The van der Waals surface area contributed by atoms with Crippen molar-refractivity contribution < 1.29 is 21.6 Å². The molecule has 0 bridgehead atoms. The Hall–Kier alpha value is -1.30. The zero-order valence-electron chi connectivity index (χ0n) is 10.9. The number of benzene rings is 1. The van der Waals surface area contributed by atoms with Crippen LogP contribution in [0.15, 0.2) is 46.9 Å². The molecule has 0 unspecified atom stereocenters. The summed E-state index contributed by atoms with van der Waals surface area (Å²) in [6.45, 7) is 1.72. The molecule has 0 aliphatic heterocycles. The first-order valence-corrected chi connectivity index (χ1v) is 7.71. The van der Waals surface area contributed by atoms with Crippen LogP contribution in [0, 0.1) is 0 Å². The molecule has 1 aromatic carbocycles. The summed E-state index contributed by atoms with van der Waals surface area (Å²) >= 11 is 0. The standard InChI is InChI=1S/C14H15F3O2S/c1-11-7-9-13(10-8-11,14(15,16)17)20(18,19)12-5-3-2-4-6-12/h2-7H,8-10H2,1H3/t13-/m1/s1. The quantitative estimate of drug-likeness (QED) is 0.777. The number of rotatable bonds is 2. The van der Waals surface area contributed by atoms with E-state index < -0.39 is 33.6 Å². The molecule has 0 saturated carbocycles. The molecule has 1 aliphatic carbocycles. The van der Waals surface area contributed by atoms with Gasteiger partial charge in [0.1, 0.15) is 0 Å². The monoisotopic (exact) mass is 304 g/mol. The Bertz CT molecular complexity index is 618. The number of allylic oxidation sites excluding steroid dienone is 2. The second kappa shape index (κ2) is 4.91. The second-order valence-corrected chi connectivity index (χ2v) is 7.32. The molecule has 0 N–H and O–H groups in total. The average Bonchev–Trinajstić information content (AvgIpc) is 2.39. The molecule has 1 atom stereocenters. The first kappa shape index (κ1) is 15.1. The Morgan fingerprint density at radius 2 is 1.75 bits per heavy atom. The summed E-state index contributed by atoms with van der Waals surface area (Å²) in [5, 5.41) is 0. The highest BCUT2D eigenvalue weighted by Gasteiger charge is 2.63. The smallest absolute Gasteiger partial charge is 0.223 e. The molecule has 110 valence electrons. The van der Waals surface area contributed by atoms with E-state index in [9.17, 15) is 21.6 Å². The SMILES string of the molecule is CC1=CC[C@@](C(F)(F)F)(S(=O)(=O)c2ccccc2)CC1. The largest absolute Gasteiger partial charge is 0.408 e. The summed E-state index contributed by atoms with van der Waals surface area (Å²) < 4.78 is 62.8. The van der Waals surface area contributed by atoms with E-state index in [0.29, 0.717) is 0 Å². The van der Waals surface area contributed by atoms with Gasteiger partial charge in [-0.3, -0.25) is 0 Å². The fraction of sp³-hybridized carbons (Fsp3) is 0.429. The first-order valence-electron chi connectivity index (χ1n) is 6.23. The van der Waals surface area contributed by atoms with E-state index in [-0.39, 0.29) is 11.3 Å². The number of hydrogen-bond acceptors (Lipinski definition) is 2. The third kappa shape index (κ3) is 2.26. The Kier molecular flexibility index (Phi) is 3.71. The highest BCUT2D eigenvalue weighted by Crippen LogP contribution is 2.48. The van der Waals surface area contributed by atoms with E-state index in [1.807, 2.05) is 0 Å². The minimum atomic E-state index is -4.79. The summed E-state index contributed by atoms with van der Waals surface area (Å²) in [7, 11) is -4.47. The number of halogens is 3. The Morgan fingerprint density at radius 3 is 2.20 bits per heavy atom. The van der Waals surface area contributed by atoms with E-state index in [2.05, 4.69) is 0 Å². The Balaban J connectivity index is 2.60. The van der Waals surface area contributed by atoms with Gasteiger partial charge in [0.2, 0.25) is 0 Å². The summed E-state index contributed by atoms with van der Waals surface area (Å²) in [5.41, 5.74) is 0.799. The van der Waals surface area contributed by atoms with Crippen LogP contribution in [0.5, 0.6) is 0 Å². The first-order chi connectivity index (χ1) is 9.21. The van der Waals surface area contributed by atoms with Crippen LogP contribution in [0.2, 0.25) is 0 Å². The van der Waals surface area contributed by atoms with Crippen molar-refractivity contribution in [3.63, 3.8) is 0 Å². The van der Waals surface area contributed by atoms with Crippen molar-refractivity contribution in [1.82, 2.24) is 0 Å². The van der Waals surface area contributed by atoms with Gasteiger partial charge in [0.05, 0.1) is 4.90 Å². The van der Waals surface area contributed by atoms with Crippen LogP contribution < -0.4 is 0 Å². The van der Waals surface area contributed by atoms with Gasteiger partial charge in [0.25, 0.3) is 0 Å². The minimum absolute atomic E-state index is 0.144. The molecule has 0 radical (unpaired) electrons. The number of hydrogen-bond donors (Lipinski definition) is 0. The van der Waals surface area contributed by atoms with Crippen LogP contribution in [0.1, 0.15) is 26.2 Å². The summed E-state index contributed by atoms with van der Waals surface area (Å²) in [4.78, 5) is -0.273. The molecule has 0 aromatic heterocycles. The van der Waals surface area contributed by atoms with Crippen LogP contribution in [-0.4, -0.2) is 19.3 Å². The van der Waals surface area contributed by atoms with Crippen LogP contribution in [0.25, 0.3) is 0 Å². The lowest BCUT2D eigenvalue weighted by Crippen LogP contribution is -2.52. The van der Waals surface area contributed by atoms with Crippen molar-refractivity contribution in [3.8, 4) is 0 Å². The van der Waals surface area contributed by atoms with Crippen LogP contribution >= 0.6 is 0 Å². The fourth-order valence-electron chi connectivity index (χ4n) is 2.42. The lowest BCUT2D eigenvalue weighted by atomic mass is 9.89. The van der Waals surface area contributed by atoms with Crippen molar-refractivity contribution in [1.29, 1.82) is 0 Å². The molecule has 0 saturated heterocycles. The second-order valence-electron chi connectivity index (χ2n) is 5.06. The predicted octanol–water partition coefficient (Wildman–Crippen LogP) is 3.89. The lowest BCUT2D eigenvalue weighted by Gasteiger charge is -2.37. The molecule has 1 aromatic rings. The molecule has 0 amide bonds. The summed E-state index contributed by atoms with van der Waals surface area (Å²) in [6, 6.07) is 6.87. The van der Waals surface area contributed by atoms with Crippen LogP contribution in [0.4, 0.5) is 13.2 Å². The van der Waals surface area contributed by atoms with Crippen molar-refractivity contribution in [2.24, 2.45) is 0 Å². The van der Waals surface area contributed by atoms with Gasteiger partial charge in [-0.05, 0) is 38.3 Å². The van der Waals surface area contributed by atoms with E-state index in [1.165, 1.54) is 30.3 Å². The molecule has 0 spiro atoms. The van der Waals surface area contributed by atoms with Crippen molar-refractivity contribution in [3.05, 3.63) is 42.0 Å². The normalized spacial score (nSPS) is 24.3. The molecule has 0 fully saturated rings. The van der Waals surface area contributed by atoms with E-state index in [0.717, 1.165) is 5.57 Å². The van der Waals surface area contributed by atoms with Crippen molar-refractivity contribution in [2.75, 3.05) is 0 Å². The maximum atomic E-state index is 13.5. The van der Waals surface area contributed by atoms with Gasteiger partial charge in [0, 0.05) is 0 Å². The molecule has 2 rings (SSSR count). The molecule has 1 aliphatic rings. The Morgan fingerprint density at radius 1 is 1.15 bits per heavy atom. The van der Waals surface area contributed by atoms with Gasteiger partial charge in [0.15, 0.2) is 14.6 Å². The van der Waals surface area contributed by atoms with E-state index in [1.54, 1.807) is 13.0 Å². The van der Waals surface area contributed by atoms with Crippen LogP contribution in [0.3, 0.4) is 0 Å². The molecule has 2 nitrogen and oxygen atoms in total. The Labute approximate surface area is 116 Å². The van der Waals surface area contributed by atoms with Gasteiger partial charge in [-0.15, -0.1) is 0 Å². The van der Waals surface area contributed by atoms with Crippen molar-refractivity contribution >= 4 is 9.84 Å². The minimum Gasteiger partial charge on any atom is -0.223 e. The molecular formula is C14H15F3O2S. The van der Waals surface area contributed by atoms with Gasteiger partial charge < -0.3 is 0 Å². The molecule has 0 heterocycles. The summed E-state index contributed by atoms with van der Waals surface area (Å²) in [5.74, 6) is 0. The number of alkyl halides is 3. The van der Waals surface area contributed by atoms with E-state index >= 15 is 0 Å². The summed E-state index contributed by atoms with van der Waals surface area (Å²) in [6.07, 6.45) is -4.20. The van der Waals surface area contributed by atoms with Crippen LogP contribution in [-0.2, 0) is 9.84 Å². The predicted molar refractivity (Wildman–Crippen MR) is 70.0 cm³/mol. The zero-order chi connectivity index (χ0) is 15.0. The molecule has 6 heteroatoms. The highest BCUT2D eigenvalue weighted by molar-refractivity contribution is 7.93.